The van der Waals surface area contributed by atoms with E-state index in [4.69, 9.17) is 25.2 Å². The van der Waals surface area contributed by atoms with Crippen molar-refractivity contribution in [2.24, 2.45) is 11.8 Å². The van der Waals surface area contributed by atoms with Gasteiger partial charge in [-0.3, -0.25) is 9.59 Å². The number of fused-ring (bicyclic) bond motifs is 1. The number of nitrogens with zero attached hydrogens (tertiary/aromatic N) is 2. The first-order valence-electron chi connectivity index (χ1n) is 13.1. The number of nitrogens with one attached hydrogen (secondary N) is 1. The average molecular weight is 544 g/mol. The van der Waals surface area contributed by atoms with E-state index in [-0.39, 0.29) is 0 Å². The summed E-state index contributed by atoms with van der Waals surface area (Å²) >= 11 is 0. The minimum atomic E-state index is -2.74. The van der Waals surface area contributed by atoms with E-state index in [1.807, 2.05) is 12.4 Å². The van der Waals surface area contributed by atoms with E-state index >= 15 is 0 Å². The molecule has 4 atom stereocenters. The van der Waals surface area contributed by atoms with E-state index in [1.54, 1.807) is 7.11 Å². The van der Waals surface area contributed by atoms with Crippen molar-refractivity contribution in [3.05, 3.63) is 53.6 Å². The highest BCUT2D eigenvalue weighted by Gasteiger charge is 2.52. The summed E-state index contributed by atoms with van der Waals surface area (Å²) in [6.07, 6.45) is 7.83. The summed E-state index contributed by atoms with van der Waals surface area (Å²) in [6, 6.07) is 9.24. The third-order valence-electron chi connectivity index (χ3n) is 7.49. The molecular formula is C28H37N3O8. The average Bonchev–Trinajstić information content (AvgIpc) is 3.28. The van der Waals surface area contributed by atoms with Crippen molar-refractivity contribution in [2.45, 2.75) is 76.0 Å². The zero-order valence-corrected chi connectivity index (χ0v) is 22.2. The maximum Gasteiger partial charge on any atom is 0.336 e. The van der Waals surface area contributed by atoms with Crippen LogP contribution in [0.4, 0.5) is 0 Å². The Balaban J connectivity index is 0.000000276. The number of carbonyl (C=O) groups is 3. The molecule has 0 bridgehead atoms. The highest BCUT2D eigenvalue weighted by Crippen LogP contribution is 2.56. The molecule has 11 nitrogen and oxygen atoms in total. The Morgan fingerprint density at radius 2 is 1.59 bits per heavy atom. The first-order chi connectivity index (χ1) is 18.6. The second-order valence-electron chi connectivity index (χ2n) is 10.2. The highest BCUT2D eigenvalue weighted by molar-refractivity contribution is 5.88. The molecule has 0 aliphatic heterocycles. The van der Waals surface area contributed by atoms with Crippen LogP contribution in [0.2, 0.25) is 0 Å². The molecule has 2 saturated carbocycles. The summed E-state index contributed by atoms with van der Waals surface area (Å²) in [4.78, 5) is 39.5. The monoisotopic (exact) mass is 543 g/mol. The van der Waals surface area contributed by atoms with Crippen molar-refractivity contribution in [3.63, 3.8) is 0 Å². The minimum absolute atomic E-state index is 0.561. The minimum Gasteiger partial charge on any atom is -0.497 e. The summed E-state index contributed by atoms with van der Waals surface area (Å²) in [5, 5.41) is 37.6. The Morgan fingerprint density at radius 1 is 1.00 bits per heavy atom. The summed E-state index contributed by atoms with van der Waals surface area (Å²) < 4.78 is 5.32. The van der Waals surface area contributed by atoms with Crippen molar-refractivity contribution >= 4 is 17.9 Å². The van der Waals surface area contributed by atoms with Crippen molar-refractivity contribution in [3.8, 4) is 5.75 Å². The van der Waals surface area contributed by atoms with Gasteiger partial charge in [-0.05, 0) is 48.8 Å². The number of aryl methyl sites for hydroxylation is 1. The second-order valence-corrected chi connectivity index (χ2v) is 10.2. The van der Waals surface area contributed by atoms with Crippen LogP contribution in [-0.4, -0.2) is 67.1 Å². The fourth-order valence-corrected chi connectivity index (χ4v) is 5.63. The lowest BCUT2D eigenvalue weighted by Gasteiger charge is -2.50. The fourth-order valence-electron chi connectivity index (χ4n) is 5.63. The zero-order chi connectivity index (χ0) is 28.6. The number of benzene rings is 1. The largest absolute Gasteiger partial charge is 0.497 e. The van der Waals surface area contributed by atoms with E-state index in [9.17, 15) is 14.4 Å². The number of aliphatic carboxylic acids is 3. The standard InChI is InChI=1S/C22H29N3O.C6H8O7/c1-3-5-20-23-12-15(13-24-20)14-25-22-19-7-4-6-18(19)21(22)16-8-10-17(26-2)11-9-16;7-3(8)1-6(13,5(11)12)2-4(9)10/h8-13,18-19,21-22,25H,3-7,14H2,1-2H3;13H,1-2H2,(H,7,8)(H,9,10)(H,11,12)/t18?,19?,21-,22-;/m1./s1. The van der Waals surface area contributed by atoms with E-state index in [0.29, 0.717) is 12.0 Å². The zero-order valence-electron chi connectivity index (χ0n) is 22.2. The first kappa shape index (κ1) is 30.0. The molecule has 4 rings (SSSR count). The van der Waals surface area contributed by atoms with Crippen LogP contribution in [0.25, 0.3) is 0 Å². The normalized spacial score (nSPS) is 21.6. The molecule has 1 aromatic heterocycles. The molecule has 2 aliphatic rings. The van der Waals surface area contributed by atoms with Crippen LogP contribution in [0.1, 0.15) is 68.3 Å². The maximum atomic E-state index is 10.3. The number of hydrogen-bond acceptors (Lipinski definition) is 8. The lowest BCUT2D eigenvalue weighted by atomic mass is 9.60. The molecule has 0 saturated heterocycles. The van der Waals surface area contributed by atoms with Gasteiger partial charge in [-0.15, -0.1) is 0 Å². The maximum absolute atomic E-state index is 10.3. The van der Waals surface area contributed by atoms with Crippen LogP contribution in [0.5, 0.6) is 5.75 Å². The Hall–Kier alpha value is -3.57. The molecule has 2 aromatic rings. The Kier molecular flexibility index (Phi) is 10.4. The molecule has 0 spiro atoms. The van der Waals surface area contributed by atoms with Crippen LogP contribution in [0, 0.1) is 11.8 Å². The number of carboxylic acids is 3. The molecule has 1 heterocycles. The third kappa shape index (κ3) is 7.73. The molecule has 1 aromatic carbocycles. The predicted molar refractivity (Wildman–Crippen MR) is 140 cm³/mol. The lowest BCUT2D eigenvalue weighted by molar-refractivity contribution is -0.170. The van der Waals surface area contributed by atoms with Gasteiger partial charge in [0.25, 0.3) is 0 Å². The molecule has 5 N–H and O–H groups in total. The number of aliphatic hydroxyl groups is 1. The topological polar surface area (TPSA) is 179 Å². The second kappa shape index (κ2) is 13.5. The van der Waals surface area contributed by atoms with Gasteiger partial charge in [0, 0.05) is 42.9 Å². The van der Waals surface area contributed by atoms with Crippen LogP contribution in [0.15, 0.2) is 36.7 Å². The lowest BCUT2D eigenvalue weighted by Crippen LogP contribution is -2.54. The van der Waals surface area contributed by atoms with Gasteiger partial charge in [-0.1, -0.05) is 25.5 Å². The summed E-state index contributed by atoms with van der Waals surface area (Å²) in [7, 11) is 1.73. The van der Waals surface area contributed by atoms with E-state index in [0.717, 1.165) is 42.8 Å². The van der Waals surface area contributed by atoms with Crippen molar-refractivity contribution in [1.82, 2.24) is 15.3 Å². The van der Waals surface area contributed by atoms with Gasteiger partial charge in [0.1, 0.15) is 11.6 Å². The molecule has 2 fully saturated rings. The number of methoxy groups -OCH3 is 1. The number of carboxylic acid groups (broad SMARTS) is 3. The van der Waals surface area contributed by atoms with Crippen molar-refractivity contribution in [1.29, 1.82) is 0 Å². The van der Waals surface area contributed by atoms with Gasteiger partial charge in [0.2, 0.25) is 0 Å². The smallest absolute Gasteiger partial charge is 0.336 e. The number of aromatic nitrogens is 2. The van der Waals surface area contributed by atoms with Crippen LogP contribution >= 0.6 is 0 Å². The van der Waals surface area contributed by atoms with Crippen LogP contribution in [-0.2, 0) is 27.3 Å². The number of hydrogen-bond donors (Lipinski definition) is 5. The third-order valence-corrected chi connectivity index (χ3v) is 7.49. The molecule has 0 radical (unpaired) electrons. The van der Waals surface area contributed by atoms with Gasteiger partial charge < -0.3 is 30.5 Å². The molecule has 2 aliphatic carbocycles. The number of ether oxygens (including phenoxy) is 1. The summed E-state index contributed by atoms with van der Waals surface area (Å²) in [5.74, 6) is -0.855. The van der Waals surface area contributed by atoms with Crippen LogP contribution < -0.4 is 10.1 Å². The van der Waals surface area contributed by atoms with Crippen LogP contribution in [0.3, 0.4) is 0 Å². The molecule has 2 unspecified atom stereocenters. The van der Waals surface area contributed by atoms with E-state index in [1.165, 1.54) is 30.4 Å². The SMILES string of the molecule is CCCc1ncc(CN[C@@H]2C3CCCC3[C@H]2c2ccc(OC)cc2)cn1.O=C(O)CC(O)(CC(=O)O)C(=O)O. The number of rotatable bonds is 12. The molecule has 0 amide bonds. The Labute approximate surface area is 227 Å². The molecular weight excluding hydrogens is 506 g/mol. The van der Waals surface area contributed by atoms with Crippen molar-refractivity contribution < 1.29 is 39.5 Å². The molecule has 39 heavy (non-hydrogen) atoms. The van der Waals surface area contributed by atoms with E-state index < -0.39 is 36.4 Å². The van der Waals surface area contributed by atoms with Gasteiger partial charge in [-0.25, -0.2) is 14.8 Å². The quantitative estimate of drug-likeness (QED) is 0.266. The van der Waals surface area contributed by atoms with Gasteiger partial charge >= 0.3 is 17.9 Å². The summed E-state index contributed by atoms with van der Waals surface area (Å²) in [5.41, 5.74) is -0.113. The van der Waals surface area contributed by atoms with Crippen molar-refractivity contribution in [2.75, 3.05) is 7.11 Å². The Bertz CT molecular complexity index is 1110. The van der Waals surface area contributed by atoms with Gasteiger partial charge in [0.15, 0.2) is 5.60 Å². The first-order valence-corrected chi connectivity index (χ1v) is 13.1. The Morgan fingerprint density at radius 3 is 2.10 bits per heavy atom. The summed E-state index contributed by atoms with van der Waals surface area (Å²) in [6.45, 7) is 3.01. The molecule has 212 valence electrons. The molecule has 11 heteroatoms. The van der Waals surface area contributed by atoms with Gasteiger partial charge in [0.05, 0.1) is 20.0 Å². The van der Waals surface area contributed by atoms with Gasteiger partial charge in [-0.2, -0.15) is 0 Å². The van der Waals surface area contributed by atoms with E-state index in [2.05, 4.69) is 46.5 Å². The predicted octanol–water partition coefficient (Wildman–Crippen LogP) is 2.86. The fraction of sp³-hybridized carbons (Fsp3) is 0.536. The highest BCUT2D eigenvalue weighted by atomic mass is 16.5.